The number of sulfonamides is 1. The van der Waals surface area contributed by atoms with Crippen LogP contribution in [-0.2, 0) is 22.2 Å². The number of hydrogen-bond donors (Lipinski definition) is 0. The first-order valence-corrected chi connectivity index (χ1v) is 12.7. The van der Waals surface area contributed by atoms with Crippen LogP contribution in [0, 0.1) is 13.8 Å². The van der Waals surface area contributed by atoms with Gasteiger partial charge < -0.3 is 4.90 Å². The van der Waals surface area contributed by atoms with Crippen molar-refractivity contribution in [1.82, 2.24) is 14.3 Å². The van der Waals surface area contributed by atoms with Crippen LogP contribution in [0.25, 0.3) is 0 Å². The van der Waals surface area contributed by atoms with Crippen molar-refractivity contribution in [3.05, 3.63) is 88.9 Å². The Labute approximate surface area is 191 Å². The minimum absolute atomic E-state index is 0.0405. The molecule has 7 heteroatoms. The third-order valence-electron chi connectivity index (χ3n) is 5.87. The Morgan fingerprint density at radius 3 is 2.16 bits per heavy atom. The number of aromatic nitrogens is 2. The van der Waals surface area contributed by atoms with Gasteiger partial charge in [-0.05, 0) is 31.4 Å². The third kappa shape index (κ3) is 5.34. The molecule has 0 unspecified atom stereocenters. The van der Waals surface area contributed by atoms with Crippen molar-refractivity contribution in [2.75, 3.05) is 31.1 Å². The molecular weight excluding hydrogens is 420 g/mol. The summed E-state index contributed by atoms with van der Waals surface area (Å²) in [5, 5.41) is 0. The zero-order valence-electron chi connectivity index (χ0n) is 18.7. The predicted molar refractivity (Wildman–Crippen MR) is 128 cm³/mol. The number of aryl methyl sites for hydroxylation is 2. The van der Waals surface area contributed by atoms with E-state index in [1.807, 2.05) is 62.4 Å². The van der Waals surface area contributed by atoms with Crippen LogP contribution >= 0.6 is 0 Å². The highest BCUT2D eigenvalue weighted by Gasteiger charge is 2.27. The molecule has 1 aliphatic heterocycles. The Bertz CT molecular complexity index is 1150. The van der Waals surface area contributed by atoms with Crippen LogP contribution < -0.4 is 4.90 Å². The second-order valence-electron chi connectivity index (χ2n) is 8.30. The van der Waals surface area contributed by atoms with Gasteiger partial charge in [-0.15, -0.1) is 0 Å². The fourth-order valence-electron chi connectivity index (χ4n) is 4.25. The van der Waals surface area contributed by atoms with Crippen LogP contribution in [0.3, 0.4) is 0 Å². The van der Waals surface area contributed by atoms with E-state index in [0.29, 0.717) is 19.6 Å². The molecule has 1 fully saturated rings. The van der Waals surface area contributed by atoms with E-state index in [1.165, 1.54) is 5.56 Å². The van der Waals surface area contributed by atoms with Gasteiger partial charge in [0.25, 0.3) is 0 Å². The molecule has 0 spiro atoms. The van der Waals surface area contributed by atoms with Crippen LogP contribution in [0.1, 0.15) is 34.6 Å². The molecule has 0 bridgehead atoms. The average Bonchev–Trinajstić information content (AvgIpc) is 3.04. The molecule has 0 saturated carbocycles. The summed E-state index contributed by atoms with van der Waals surface area (Å²) in [6.45, 7) is 6.33. The number of rotatable bonds is 6. The minimum atomic E-state index is -3.37. The molecular formula is C25H30N4O2S. The standard InChI is InChI=1S/C25H30N4O2S/c1-20-24(18-22-10-5-3-6-11-22)25(27-21(2)26-20)28-14-9-15-29(17-16-28)32(30,31)19-23-12-7-4-8-13-23/h3-8,10-13H,9,14-19H2,1-2H3. The highest BCUT2D eigenvalue weighted by Crippen LogP contribution is 2.26. The second kappa shape index (κ2) is 9.79. The van der Waals surface area contributed by atoms with Gasteiger partial charge in [0.05, 0.1) is 5.75 Å². The van der Waals surface area contributed by atoms with E-state index in [1.54, 1.807) is 4.31 Å². The monoisotopic (exact) mass is 450 g/mol. The molecule has 2 heterocycles. The Morgan fingerprint density at radius 2 is 1.47 bits per heavy atom. The molecule has 0 N–H and O–H groups in total. The first kappa shape index (κ1) is 22.4. The van der Waals surface area contributed by atoms with Gasteiger partial charge in [0.2, 0.25) is 10.0 Å². The number of hydrogen-bond acceptors (Lipinski definition) is 5. The van der Waals surface area contributed by atoms with Gasteiger partial charge in [-0.2, -0.15) is 4.31 Å². The Balaban J connectivity index is 1.54. The summed E-state index contributed by atoms with van der Waals surface area (Å²) in [5.74, 6) is 1.71. The Kier molecular flexibility index (Phi) is 6.86. The van der Waals surface area contributed by atoms with Gasteiger partial charge in [-0.25, -0.2) is 18.4 Å². The molecule has 3 aromatic rings. The van der Waals surface area contributed by atoms with E-state index in [9.17, 15) is 8.42 Å². The Hall–Kier alpha value is -2.77. The van der Waals surface area contributed by atoms with E-state index in [-0.39, 0.29) is 5.75 Å². The lowest BCUT2D eigenvalue weighted by Gasteiger charge is -2.26. The number of anilines is 1. The van der Waals surface area contributed by atoms with Crippen LogP contribution in [0.15, 0.2) is 60.7 Å². The first-order valence-electron chi connectivity index (χ1n) is 11.1. The zero-order valence-corrected chi connectivity index (χ0v) is 19.6. The van der Waals surface area contributed by atoms with Gasteiger partial charge in [0.1, 0.15) is 11.6 Å². The lowest BCUT2D eigenvalue weighted by Crippen LogP contribution is -2.36. The highest BCUT2D eigenvalue weighted by atomic mass is 32.2. The quantitative estimate of drug-likeness (QED) is 0.573. The molecule has 1 aliphatic rings. The lowest BCUT2D eigenvalue weighted by molar-refractivity contribution is 0.432. The Morgan fingerprint density at radius 1 is 0.812 bits per heavy atom. The van der Waals surface area contributed by atoms with Crippen molar-refractivity contribution >= 4 is 15.8 Å². The van der Waals surface area contributed by atoms with Crippen molar-refractivity contribution in [1.29, 1.82) is 0 Å². The summed E-state index contributed by atoms with van der Waals surface area (Å²) in [7, 11) is -3.37. The lowest BCUT2D eigenvalue weighted by atomic mass is 10.0. The van der Waals surface area contributed by atoms with Crippen molar-refractivity contribution < 1.29 is 8.42 Å². The van der Waals surface area contributed by atoms with Gasteiger partial charge in [-0.3, -0.25) is 0 Å². The normalized spacial score (nSPS) is 15.5. The van der Waals surface area contributed by atoms with Crippen molar-refractivity contribution in [2.45, 2.75) is 32.4 Å². The molecule has 0 aliphatic carbocycles. The molecule has 1 saturated heterocycles. The predicted octanol–water partition coefficient (Wildman–Crippen LogP) is 3.73. The van der Waals surface area contributed by atoms with E-state index < -0.39 is 10.0 Å². The molecule has 2 aromatic carbocycles. The van der Waals surface area contributed by atoms with Gasteiger partial charge in [-0.1, -0.05) is 60.7 Å². The van der Waals surface area contributed by atoms with E-state index >= 15 is 0 Å². The molecule has 0 radical (unpaired) electrons. The smallest absolute Gasteiger partial charge is 0.218 e. The van der Waals surface area contributed by atoms with Crippen LogP contribution in [0.4, 0.5) is 5.82 Å². The second-order valence-corrected chi connectivity index (χ2v) is 10.3. The van der Waals surface area contributed by atoms with Crippen LogP contribution in [0.2, 0.25) is 0 Å². The van der Waals surface area contributed by atoms with Crippen LogP contribution in [-0.4, -0.2) is 48.9 Å². The maximum Gasteiger partial charge on any atom is 0.218 e. The largest absolute Gasteiger partial charge is 0.355 e. The minimum Gasteiger partial charge on any atom is -0.355 e. The summed E-state index contributed by atoms with van der Waals surface area (Å²) >= 11 is 0. The zero-order chi connectivity index (χ0) is 22.6. The van der Waals surface area contributed by atoms with Crippen LogP contribution in [0.5, 0.6) is 0 Å². The molecule has 32 heavy (non-hydrogen) atoms. The molecule has 168 valence electrons. The maximum absolute atomic E-state index is 13.0. The average molecular weight is 451 g/mol. The fraction of sp³-hybridized carbons (Fsp3) is 0.360. The van der Waals surface area contributed by atoms with Crippen molar-refractivity contribution in [3.63, 3.8) is 0 Å². The fourth-order valence-corrected chi connectivity index (χ4v) is 5.81. The van der Waals surface area contributed by atoms with E-state index in [4.69, 9.17) is 4.98 Å². The van der Waals surface area contributed by atoms with Crippen molar-refractivity contribution in [3.8, 4) is 0 Å². The molecule has 0 atom stereocenters. The molecule has 6 nitrogen and oxygen atoms in total. The SMILES string of the molecule is Cc1nc(C)c(Cc2ccccc2)c(N2CCCN(S(=O)(=O)Cc3ccccc3)CC2)n1. The number of benzene rings is 2. The van der Waals surface area contributed by atoms with Gasteiger partial charge in [0.15, 0.2) is 0 Å². The summed E-state index contributed by atoms with van der Waals surface area (Å²) in [6.07, 6.45) is 1.52. The molecule has 0 amide bonds. The maximum atomic E-state index is 13.0. The van der Waals surface area contributed by atoms with Gasteiger partial charge >= 0.3 is 0 Å². The highest BCUT2D eigenvalue weighted by molar-refractivity contribution is 7.88. The summed E-state index contributed by atoms with van der Waals surface area (Å²) in [6, 6.07) is 19.7. The van der Waals surface area contributed by atoms with Gasteiger partial charge in [0, 0.05) is 43.9 Å². The summed E-state index contributed by atoms with van der Waals surface area (Å²) < 4.78 is 27.7. The van der Waals surface area contributed by atoms with Crippen molar-refractivity contribution in [2.24, 2.45) is 0 Å². The molecule has 1 aromatic heterocycles. The van der Waals surface area contributed by atoms with E-state index in [0.717, 1.165) is 47.8 Å². The first-order chi connectivity index (χ1) is 15.4. The molecule has 4 rings (SSSR count). The topological polar surface area (TPSA) is 66.4 Å². The number of nitrogens with zero attached hydrogens (tertiary/aromatic N) is 4. The van der Waals surface area contributed by atoms with E-state index in [2.05, 4.69) is 22.0 Å². The summed E-state index contributed by atoms with van der Waals surface area (Å²) in [5.41, 5.74) is 4.13. The third-order valence-corrected chi connectivity index (χ3v) is 7.72. The summed E-state index contributed by atoms with van der Waals surface area (Å²) in [4.78, 5) is 11.6.